The largest absolute Gasteiger partial charge is 0.493 e. The van der Waals surface area contributed by atoms with Crippen LogP contribution in [0, 0.1) is 0 Å². The van der Waals surface area contributed by atoms with Crippen molar-refractivity contribution in [2.75, 3.05) is 13.7 Å². The number of benzene rings is 2. The molecule has 4 nitrogen and oxygen atoms in total. The normalized spacial score (nSPS) is 10.8. The van der Waals surface area contributed by atoms with E-state index in [4.69, 9.17) is 9.47 Å². The van der Waals surface area contributed by atoms with Crippen LogP contribution < -0.4 is 9.47 Å². The van der Waals surface area contributed by atoms with Crippen LogP contribution in [0.3, 0.4) is 0 Å². The molecule has 0 fully saturated rings. The first-order chi connectivity index (χ1) is 10.3. The number of aromatic amines is 1. The van der Waals surface area contributed by atoms with E-state index in [1.807, 2.05) is 42.5 Å². The van der Waals surface area contributed by atoms with Gasteiger partial charge >= 0.3 is 0 Å². The SMILES string of the molecule is CCCOc1ccc(-c2nc3ccccc3[nH]2)cc1OC. The molecule has 4 heteroatoms. The second-order valence-electron chi connectivity index (χ2n) is 4.82. The molecule has 0 saturated carbocycles. The number of methoxy groups -OCH3 is 1. The molecule has 0 saturated heterocycles. The van der Waals surface area contributed by atoms with Gasteiger partial charge in [0.2, 0.25) is 0 Å². The smallest absolute Gasteiger partial charge is 0.161 e. The summed E-state index contributed by atoms with van der Waals surface area (Å²) in [5.74, 6) is 2.32. The zero-order valence-electron chi connectivity index (χ0n) is 12.2. The first-order valence-corrected chi connectivity index (χ1v) is 7.07. The Balaban J connectivity index is 1.98. The van der Waals surface area contributed by atoms with Crippen molar-refractivity contribution in [3.63, 3.8) is 0 Å². The van der Waals surface area contributed by atoms with Crippen LogP contribution in [-0.4, -0.2) is 23.7 Å². The van der Waals surface area contributed by atoms with Crippen molar-refractivity contribution < 1.29 is 9.47 Å². The van der Waals surface area contributed by atoms with Gasteiger partial charge in [-0.2, -0.15) is 0 Å². The fourth-order valence-corrected chi connectivity index (χ4v) is 2.24. The number of rotatable bonds is 5. The maximum absolute atomic E-state index is 5.67. The van der Waals surface area contributed by atoms with Crippen molar-refractivity contribution in [3.8, 4) is 22.9 Å². The monoisotopic (exact) mass is 282 g/mol. The summed E-state index contributed by atoms with van der Waals surface area (Å²) in [7, 11) is 1.65. The molecule has 0 aliphatic carbocycles. The van der Waals surface area contributed by atoms with Crippen LogP contribution in [0.5, 0.6) is 11.5 Å². The highest BCUT2D eigenvalue weighted by molar-refractivity contribution is 5.79. The quantitative estimate of drug-likeness (QED) is 0.768. The van der Waals surface area contributed by atoms with Crippen molar-refractivity contribution >= 4 is 11.0 Å². The van der Waals surface area contributed by atoms with Gasteiger partial charge in [0.05, 0.1) is 24.8 Å². The molecular formula is C17H18N2O2. The summed E-state index contributed by atoms with van der Waals surface area (Å²) in [6.07, 6.45) is 0.967. The lowest BCUT2D eigenvalue weighted by molar-refractivity contribution is 0.294. The first kappa shape index (κ1) is 13.5. The Kier molecular flexibility index (Phi) is 3.77. The zero-order valence-corrected chi connectivity index (χ0v) is 12.2. The number of imidazole rings is 1. The van der Waals surface area contributed by atoms with Gasteiger partial charge in [-0.15, -0.1) is 0 Å². The Labute approximate surface area is 123 Å². The first-order valence-electron chi connectivity index (χ1n) is 7.07. The molecule has 0 amide bonds. The number of para-hydroxylation sites is 2. The topological polar surface area (TPSA) is 47.1 Å². The number of H-pyrrole nitrogens is 1. The predicted molar refractivity (Wildman–Crippen MR) is 83.9 cm³/mol. The molecule has 0 aliphatic heterocycles. The Morgan fingerprint density at radius 1 is 1.10 bits per heavy atom. The van der Waals surface area contributed by atoms with Crippen molar-refractivity contribution in [1.29, 1.82) is 0 Å². The summed E-state index contributed by atoms with van der Waals surface area (Å²) in [6.45, 7) is 2.76. The van der Waals surface area contributed by atoms with Crippen molar-refractivity contribution in [2.45, 2.75) is 13.3 Å². The molecule has 0 atom stereocenters. The second-order valence-corrected chi connectivity index (χ2v) is 4.82. The Morgan fingerprint density at radius 2 is 1.95 bits per heavy atom. The van der Waals surface area contributed by atoms with E-state index in [1.165, 1.54) is 0 Å². The molecule has 0 radical (unpaired) electrons. The highest BCUT2D eigenvalue weighted by atomic mass is 16.5. The molecule has 3 aromatic rings. The van der Waals surface area contributed by atoms with Gasteiger partial charge in [0, 0.05) is 5.56 Å². The fraction of sp³-hybridized carbons (Fsp3) is 0.235. The van der Waals surface area contributed by atoms with Crippen molar-refractivity contribution in [3.05, 3.63) is 42.5 Å². The van der Waals surface area contributed by atoms with Crippen LogP contribution in [0.15, 0.2) is 42.5 Å². The number of ether oxygens (including phenoxy) is 2. The van der Waals surface area contributed by atoms with Gasteiger partial charge in [0.25, 0.3) is 0 Å². The van der Waals surface area contributed by atoms with Crippen LogP contribution in [-0.2, 0) is 0 Å². The highest BCUT2D eigenvalue weighted by Crippen LogP contribution is 2.32. The van der Waals surface area contributed by atoms with E-state index < -0.39 is 0 Å². The van der Waals surface area contributed by atoms with Crippen LogP contribution >= 0.6 is 0 Å². The van der Waals surface area contributed by atoms with Crippen LogP contribution in [0.4, 0.5) is 0 Å². The molecule has 1 N–H and O–H groups in total. The second kappa shape index (κ2) is 5.87. The molecule has 0 aliphatic rings. The van der Waals surface area contributed by atoms with Crippen LogP contribution in [0.2, 0.25) is 0 Å². The predicted octanol–water partition coefficient (Wildman–Crippen LogP) is 4.03. The van der Waals surface area contributed by atoms with Gasteiger partial charge in [-0.05, 0) is 36.8 Å². The maximum Gasteiger partial charge on any atom is 0.161 e. The minimum Gasteiger partial charge on any atom is -0.493 e. The maximum atomic E-state index is 5.67. The number of hydrogen-bond acceptors (Lipinski definition) is 3. The molecule has 1 aromatic heterocycles. The fourth-order valence-electron chi connectivity index (χ4n) is 2.24. The average molecular weight is 282 g/mol. The Hall–Kier alpha value is -2.49. The van der Waals surface area contributed by atoms with E-state index in [0.29, 0.717) is 6.61 Å². The van der Waals surface area contributed by atoms with E-state index in [0.717, 1.165) is 40.3 Å². The summed E-state index contributed by atoms with van der Waals surface area (Å²) in [5, 5.41) is 0. The van der Waals surface area contributed by atoms with Gasteiger partial charge in [0.15, 0.2) is 11.5 Å². The summed E-state index contributed by atoms with van der Waals surface area (Å²) in [5.41, 5.74) is 2.96. The van der Waals surface area contributed by atoms with Crippen molar-refractivity contribution in [1.82, 2.24) is 9.97 Å². The summed E-state index contributed by atoms with van der Waals surface area (Å²) in [4.78, 5) is 7.92. The molecule has 3 rings (SSSR count). The third-order valence-electron chi connectivity index (χ3n) is 3.29. The third-order valence-corrected chi connectivity index (χ3v) is 3.29. The van der Waals surface area contributed by atoms with Crippen LogP contribution in [0.25, 0.3) is 22.4 Å². The van der Waals surface area contributed by atoms with E-state index in [1.54, 1.807) is 7.11 Å². The summed E-state index contributed by atoms with van der Waals surface area (Å²) >= 11 is 0. The summed E-state index contributed by atoms with van der Waals surface area (Å²) in [6, 6.07) is 13.8. The number of fused-ring (bicyclic) bond motifs is 1. The Bertz CT molecular complexity index is 716. The van der Waals surface area contributed by atoms with Crippen LogP contribution in [0.1, 0.15) is 13.3 Å². The summed E-state index contributed by atoms with van der Waals surface area (Å²) < 4.78 is 11.1. The van der Waals surface area contributed by atoms with Gasteiger partial charge in [-0.3, -0.25) is 0 Å². The lowest BCUT2D eigenvalue weighted by Crippen LogP contribution is -1.98. The van der Waals surface area contributed by atoms with E-state index in [-0.39, 0.29) is 0 Å². The number of aromatic nitrogens is 2. The minimum atomic E-state index is 0.681. The van der Waals surface area contributed by atoms with Crippen molar-refractivity contribution in [2.24, 2.45) is 0 Å². The lowest BCUT2D eigenvalue weighted by Gasteiger charge is -2.10. The number of nitrogens with one attached hydrogen (secondary N) is 1. The average Bonchev–Trinajstić information content (AvgIpc) is 2.96. The number of nitrogens with zero attached hydrogens (tertiary/aromatic N) is 1. The van der Waals surface area contributed by atoms with Gasteiger partial charge < -0.3 is 14.5 Å². The number of hydrogen-bond donors (Lipinski definition) is 1. The Morgan fingerprint density at radius 3 is 2.71 bits per heavy atom. The zero-order chi connectivity index (χ0) is 14.7. The van der Waals surface area contributed by atoms with Gasteiger partial charge in [-0.1, -0.05) is 19.1 Å². The van der Waals surface area contributed by atoms with Gasteiger partial charge in [0.1, 0.15) is 5.82 Å². The van der Waals surface area contributed by atoms with E-state index in [9.17, 15) is 0 Å². The molecule has 2 aromatic carbocycles. The molecular weight excluding hydrogens is 264 g/mol. The molecule has 0 bridgehead atoms. The van der Waals surface area contributed by atoms with Gasteiger partial charge in [-0.25, -0.2) is 4.98 Å². The molecule has 21 heavy (non-hydrogen) atoms. The molecule has 0 spiro atoms. The minimum absolute atomic E-state index is 0.681. The van der Waals surface area contributed by atoms with E-state index in [2.05, 4.69) is 16.9 Å². The molecule has 108 valence electrons. The molecule has 0 unspecified atom stereocenters. The highest BCUT2D eigenvalue weighted by Gasteiger charge is 2.10. The van der Waals surface area contributed by atoms with E-state index >= 15 is 0 Å². The third kappa shape index (κ3) is 2.70. The standard InChI is InChI=1S/C17H18N2O2/c1-3-10-21-15-9-8-12(11-16(15)20-2)17-18-13-6-4-5-7-14(13)19-17/h4-9,11H,3,10H2,1-2H3,(H,18,19). The molecule has 1 heterocycles. The lowest BCUT2D eigenvalue weighted by atomic mass is 10.2.